The summed E-state index contributed by atoms with van der Waals surface area (Å²) in [6.07, 6.45) is 4.62. The monoisotopic (exact) mass is 235 g/mol. The Morgan fingerprint density at radius 1 is 1.35 bits per heavy atom. The van der Waals surface area contributed by atoms with Gasteiger partial charge < -0.3 is 5.32 Å². The number of nitrogens with one attached hydrogen (secondary N) is 2. The Balaban J connectivity index is 2.00. The maximum atomic E-state index is 11.8. The molecule has 1 aliphatic rings. The molecule has 0 saturated heterocycles. The topological polar surface area (TPSA) is 57.8 Å². The molecule has 2 rings (SSSR count). The number of aromatic amines is 1. The van der Waals surface area contributed by atoms with Gasteiger partial charge in [-0.2, -0.15) is 5.10 Å². The molecule has 0 saturated carbocycles. The lowest BCUT2D eigenvalue weighted by molar-refractivity contribution is -0.128. The van der Waals surface area contributed by atoms with Crippen LogP contribution in [0.25, 0.3) is 0 Å². The lowest BCUT2D eigenvalue weighted by Crippen LogP contribution is -2.34. The van der Waals surface area contributed by atoms with Crippen LogP contribution in [0.1, 0.15) is 50.6 Å². The van der Waals surface area contributed by atoms with Gasteiger partial charge in [0.2, 0.25) is 5.91 Å². The van der Waals surface area contributed by atoms with E-state index in [1.807, 2.05) is 20.8 Å². The Morgan fingerprint density at radius 2 is 2.06 bits per heavy atom. The van der Waals surface area contributed by atoms with Crippen LogP contribution in [0.2, 0.25) is 0 Å². The van der Waals surface area contributed by atoms with Crippen molar-refractivity contribution in [2.45, 2.75) is 53.0 Å². The Kier molecular flexibility index (Phi) is 3.22. The van der Waals surface area contributed by atoms with Crippen molar-refractivity contribution in [1.82, 2.24) is 15.5 Å². The minimum atomic E-state index is -0.333. The summed E-state index contributed by atoms with van der Waals surface area (Å²) in [7, 11) is 0. The highest BCUT2D eigenvalue weighted by Crippen LogP contribution is 2.22. The lowest BCUT2D eigenvalue weighted by Gasteiger charge is -2.18. The molecule has 0 unspecified atom stereocenters. The first-order valence-electron chi connectivity index (χ1n) is 6.32. The first-order valence-corrected chi connectivity index (χ1v) is 6.32. The summed E-state index contributed by atoms with van der Waals surface area (Å²) in [6, 6.07) is 0. The molecule has 1 aromatic rings. The Bertz CT molecular complexity index is 415. The summed E-state index contributed by atoms with van der Waals surface area (Å²) in [5.74, 6) is 0.0802. The molecular weight excluding hydrogens is 214 g/mol. The van der Waals surface area contributed by atoms with Crippen molar-refractivity contribution in [2.24, 2.45) is 5.41 Å². The first-order chi connectivity index (χ1) is 7.98. The molecule has 1 aromatic heterocycles. The molecule has 17 heavy (non-hydrogen) atoms. The molecule has 94 valence electrons. The van der Waals surface area contributed by atoms with Crippen molar-refractivity contribution < 1.29 is 4.79 Å². The zero-order valence-electron chi connectivity index (χ0n) is 10.9. The number of aryl methyl sites for hydroxylation is 1. The normalized spacial score (nSPS) is 15.5. The Labute approximate surface area is 102 Å². The molecule has 0 spiro atoms. The number of hydrogen-bond acceptors (Lipinski definition) is 2. The number of aromatic nitrogens is 2. The van der Waals surface area contributed by atoms with Crippen LogP contribution in [0.15, 0.2) is 0 Å². The van der Waals surface area contributed by atoms with E-state index >= 15 is 0 Å². The third-order valence-electron chi connectivity index (χ3n) is 3.24. The van der Waals surface area contributed by atoms with Gasteiger partial charge in [0.25, 0.3) is 0 Å². The standard InChI is InChI=1S/C13H21N3O/c1-13(2,3)12(17)14-8-11-9-6-4-5-7-10(9)15-16-11/h4-8H2,1-3H3,(H,14,17)(H,15,16). The van der Waals surface area contributed by atoms with E-state index in [0.29, 0.717) is 6.54 Å². The van der Waals surface area contributed by atoms with E-state index in [-0.39, 0.29) is 11.3 Å². The second-order valence-electron chi connectivity index (χ2n) is 5.77. The molecule has 1 amide bonds. The maximum Gasteiger partial charge on any atom is 0.225 e. The quantitative estimate of drug-likeness (QED) is 0.823. The summed E-state index contributed by atoms with van der Waals surface area (Å²) in [5.41, 5.74) is 3.26. The predicted molar refractivity (Wildman–Crippen MR) is 66.5 cm³/mol. The Hall–Kier alpha value is -1.32. The van der Waals surface area contributed by atoms with Crippen LogP contribution < -0.4 is 5.32 Å². The van der Waals surface area contributed by atoms with Gasteiger partial charge in [0.05, 0.1) is 17.9 Å². The maximum absolute atomic E-state index is 11.8. The van der Waals surface area contributed by atoms with Crippen molar-refractivity contribution >= 4 is 5.91 Å². The number of nitrogens with zero attached hydrogens (tertiary/aromatic N) is 1. The van der Waals surface area contributed by atoms with Gasteiger partial charge in [0.1, 0.15) is 0 Å². The minimum Gasteiger partial charge on any atom is -0.350 e. The molecule has 4 heteroatoms. The Morgan fingerprint density at radius 3 is 2.76 bits per heavy atom. The van der Waals surface area contributed by atoms with Gasteiger partial charge in [0, 0.05) is 5.41 Å². The summed E-state index contributed by atoms with van der Waals surface area (Å²) in [5, 5.41) is 10.3. The van der Waals surface area contributed by atoms with E-state index in [9.17, 15) is 4.79 Å². The average Bonchev–Trinajstić information content (AvgIpc) is 2.68. The molecule has 0 bridgehead atoms. The molecule has 0 atom stereocenters. The van der Waals surface area contributed by atoms with Gasteiger partial charge in [-0.1, -0.05) is 20.8 Å². The van der Waals surface area contributed by atoms with Crippen molar-refractivity contribution in [2.75, 3.05) is 0 Å². The summed E-state index contributed by atoms with van der Waals surface area (Å²) in [4.78, 5) is 11.8. The van der Waals surface area contributed by atoms with Gasteiger partial charge in [0.15, 0.2) is 0 Å². The second kappa shape index (κ2) is 4.51. The number of H-pyrrole nitrogens is 1. The molecular formula is C13H21N3O. The SMILES string of the molecule is CC(C)(C)C(=O)NCc1[nH]nc2c1CCCC2. The first kappa shape index (κ1) is 12.1. The molecule has 0 fully saturated rings. The van der Waals surface area contributed by atoms with E-state index in [2.05, 4.69) is 15.5 Å². The van der Waals surface area contributed by atoms with Crippen LogP contribution in [0.4, 0.5) is 0 Å². The fourth-order valence-corrected chi connectivity index (χ4v) is 2.12. The van der Waals surface area contributed by atoms with Crippen molar-refractivity contribution in [1.29, 1.82) is 0 Å². The van der Waals surface area contributed by atoms with Crippen molar-refractivity contribution in [3.63, 3.8) is 0 Å². The highest BCUT2D eigenvalue weighted by atomic mass is 16.2. The van der Waals surface area contributed by atoms with Gasteiger partial charge in [-0.05, 0) is 31.2 Å². The lowest BCUT2D eigenvalue weighted by atomic mass is 9.94. The largest absolute Gasteiger partial charge is 0.350 e. The highest BCUT2D eigenvalue weighted by Gasteiger charge is 2.22. The van der Waals surface area contributed by atoms with Gasteiger partial charge in [-0.3, -0.25) is 9.89 Å². The van der Waals surface area contributed by atoms with Crippen LogP contribution in [0.5, 0.6) is 0 Å². The fraction of sp³-hybridized carbons (Fsp3) is 0.692. The number of rotatable bonds is 2. The van der Waals surface area contributed by atoms with Crippen LogP contribution >= 0.6 is 0 Å². The van der Waals surface area contributed by atoms with E-state index in [1.165, 1.54) is 24.1 Å². The molecule has 0 radical (unpaired) electrons. The van der Waals surface area contributed by atoms with E-state index < -0.39 is 0 Å². The van der Waals surface area contributed by atoms with Crippen molar-refractivity contribution in [3.8, 4) is 0 Å². The molecule has 0 aromatic carbocycles. The third kappa shape index (κ3) is 2.68. The van der Waals surface area contributed by atoms with Crippen LogP contribution in [-0.4, -0.2) is 16.1 Å². The second-order valence-corrected chi connectivity index (χ2v) is 5.77. The van der Waals surface area contributed by atoms with Gasteiger partial charge >= 0.3 is 0 Å². The number of hydrogen-bond donors (Lipinski definition) is 2. The molecule has 2 N–H and O–H groups in total. The summed E-state index contributed by atoms with van der Waals surface area (Å²) in [6.45, 7) is 6.33. The van der Waals surface area contributed by atoms with E-state index in [0.717, 1.165) is 18.5 Å². The molecule has 1 aliphatic carbocycles. The molecule has 0 aliphatic heterocycles. The summed E-state index contributed by atoms with van der Waals surface area (Å²) < 4.78 is 0. The highest BCUT2D eigenvalue weighted by molar-refractivity contribution is 5.81. The zero-order chi connectivity index (χ0) is 12.5. The number of fused-ring (bicyclic) bond motifs is 1. The van der Waals surface area contributed by atoms with Gasteiger partial charge in [-0.25, -0.2) is 0 Å². The third-order valence-corrected chi connectivity index (χ3v) is 3.24. The van der Waals surface area contributed by atoms with Crippen LogP contribution in [0.3, 0.4) is 0 Å². The minimum absolute atomic E-state index is 0.0802. The zero-order valence-corrected chi connectivity index (χ0v) is 10.9. The molecule has 4 nitrogen and oxygen atoms in total. The van der Waals surface area contributed by atoms with Crippen LogP contribution in [-0.2, 0) is 24.2 Å². The van der Waals surface area contributed by atoms with Gasteiger partial charge in [-0.15, -0.1) is 0 Å². The fourth-order valence-electron chi connectivity index (χ4n) is 2.12. The van der Waals surface area contributed by atoms with E-state index in [1.54, 1.807) is 0 Å². The number of carbonyl (C=O) groups is 1. The smallest absolute Gasteiger partial charge is 0.225 e. The summed E-state index contributed by atoms with van der Waals surface area (Å²) >= 11 is 0. The average molecular weight is 235 g/mol. The van der Waals surface area contributed by atoms with Crippen molar-refractivity contribution in [3.05, 3.63) is 17.0 Å². The predicted octanol–water partition coefficient (Wildman–Crippen LogP) is 1.95. The molecule has 1 heterocycles. The van der Waals surface area contributed by atoms with Crippen LogP contribution in [0, 0.1) is 5.41 Å². The number of amides is 1. The van der Waals surface area contributed by atoms with E-state index in [4.69, 9.17) is 0 Å². The number of carbonyl (C=O) groups excluding carboxylic acids is 1.